The number of rotatable bonds is 4. The Bertz CT molecular complexity index is 385. The minimum absolute atomic E-state index is 0.222. The van der Waals surface area contributed by atoms with Gasteiger partial charge in [0.25, 0.3) is 0 Å². The normalized spacial score (nSPS) is 21.9. The smallest absolute Gasteiger partial charge is 0.422 e. The first-order valence-corrected chi connectivity index (χ1v) is 7.90. The SMILES string of the molecule is CC(C)OC(=O)NS(=O)(=O)N1CCCCC1CCl. The highest BCUT2D eigenvalue weighted by Crippen LogP contribution is 2.20. The van der Waals surface area contributed by atoms with E-state index in [1.807, 2.05) is 4.72 Å². The molecule has 18 heavy (non-hydrogen) atoms. The summed E-state index contributed by atoms with van der Waals surface area (Å²) >= 11 is 5.75. The Morgan fingerprint density at radius 1 is 1.50 bits per heavy atom. The van der Waals surface area contributed by atoms with E-state index in [4.69, 9.17) is 16.3 Å². The number of carbonyl (C=O) groups is 1. The maximum atomic E-state index is 12.0. The van der Waals surface area contributed by atoms with Crippen LogP contribution in [0.2, 0.25) is 0 Å². The average Bonchev–Trinajstić information content (AvgIpc) is 2.27. The molecule has 0 aliphatic carbocycles. The Hall–Kier alpha value is -0.530. The summed E-state index contributed by atoms with van der Waals surface area (Å²) in [7, 11) is -3.87. The Morgan fingerprint density at radius 3 is 2.72 bits per heavy atom. The number of piperidine rings is 1. The van der Waals surface area contributed by atoms with Crippen molar-refractivity contribution in [2.24, 2.45) is 0 Å². The molecule has 1 N–H and O–H groups in total. The van der Waals surface area contributed by atoms with Crippen LogP contribution in [0.25, 0.3) is 0 Å². The fourth-order valence-electron chi connectivity index (χ4n) is 1.85. The van der Waals surface area contributed by atoms with Gasteiger partial charge in [-0.2, -0.15) is 12.7 Å². The Morgan fingerprint density at radius 2 is 2.17 bits per heavy atom. The van der Waals surface area contributed by atoms with E-state index in [0.29, 0.717) is 13.0 Å². The molecule has 106 valence electrons. The lowest BCUT2D eigenvalue weighted by atomic mass is 10.1. The third-order valence-electron chi connectivity index (χ3n) is 2.62. The van der Waals surface area contributed by atoms with Gasteiger partial charge in [0.15, 0.2) is 0 Å². The zero-order valence-electron chi connectivity index (χ0n) is 10.6. The van der Waals surface area contributed by atoms with Crippen LogP contribution < -0.4 is 4.72 Å². The lowest BCUT2D eigenvalue weighted by Crippen LogP contribution is -2.51. The number of hydrogen-bond donors (Lipinski definition) is 1. The molecule has 0 bridgehead atoms. The van der Waals surface area contributed by atoms with Crippen molar-refractivity contribution in [3.05, 3.63) is 0 Å². The van der Waals surface area contributed by atoms with Gasteiger partial charge in [-0.25, -0.2) is 9.52 Å². The Labute approximate surface area is 113 Å². The zero-order valence-corrected chi connectivity index (χ0v) is 12.1. The van der Waals surface area contributed by atoms with Crippen LogP contribution in [0.1, 0.15) is 33.1 Å². The van der Waals surface area contributed by atoms with Crippen LogP contribution in [-0.4, -0.2) is 43.4 Å². The molecule has 1 heterocycles. The molecule has 6 nitrogen and oxygen atoms in total. The summed E-state index contributed by atoms with van der Waals surface area (Å²) in [6.45, 7) is 3.67. The molecule has 1 saturated heterocycles. The van der Waals surface area contributed by atoms with Crippen LogP contribution in [-0.2, 0) is 14.9 Å². The molecule has 1 rings (SSSR count). The molecule has 1 unspecified atom stereocenters. The van der Waals surface area contributed by atoms with Crippen molar-refractivity contribution in [3.8, 4) is 0 Å². The van der Waals surface area contributed by atoms with Crippen LogP contribution in [0, 0.1) is 0 Å². The van der Waals surface area contributed by atoms with Gasteiger partial charge >= 0.3 is 16.3 Å². The highest BCUT2D eigenvalue weighted by atomic mass is 35.5. The number of ether oxygens (including phenoxy) is 1. The largest absolute Gasteiger partial charge is 0.446 e. The molecule has 1 amide bonds. The number of halogens is 1. The average molecular weight is 299 g/mol. The van der Waals surface area contributed by atoms with E-state index in [1.165, 1.54) is 4.31 Å². The summed E-state index contributed by atoms with van der Waals surface area (Å²) in [4.78, 5) is 11.3. The van der Waals surface area contributed by atoms with Gasteiger partial charge in [0.2, 0.25) is 0 Å². The number of nitrogens with one attached hydrogen (secondary N) is 1. The van der Waals surface area contributed by atoms with Gasteiger partial charge < -0.3 is 4.74 Å². The summed E-state index contributed by atoms with van der Waals surface area (Å²) in [5.74, 6) is 0.222. The Kier molecular flexibility index (Phi) is 5.68. The van der Waals surface area contributed by atoms with Crippen LogP contribution in [0.15, 0.2) is 0 Å². The maximum Gasteiger partial charge on any atom is 0.422 e. The van der Waals surface area contributed by atoms with Crippen molar-refractivity contribution in [3.63, 3.8) is 0 Å². The fraction of sp³-hybridized carbons (Fsp3) is 0.900. The molecular formula is C10H19ClN2O4S. The van der Waals surface area contributed by atoms with Gasteiger partial charge in [0, 0.05) is 18.5 Å². The van der Waals surface area contributed by atoms with Crippen molar-refractivity contribution in [1.29, 1.82) is 0 Å². The highest BCUT2D eigenvalue weighted by Gasteiger charge is 2.33. The highest BCUT2D eigenvalue weighted by molar-refractivity contribution is 7.87. The van der Waals surface area contributed by atoms with E-state index in [-0.39, 0.29) is 18.0 Å². The number of amides is 1. The standard InChI is InChI=1S/C10H19ClN2O4S/c1-8(2)17-10(14)12-18(15,16)13-6-4-3-5-9(13)7-11/h8-9H,3-7H2,1-2H3,(H,12,14). The topological polar surface area (TPSA) is 75.7 Å². The first-order valence-electron chi connectivity index (χ1n) is 5.93. The van der Waals surface area contributed by atoms with E-state index < -0.39 is 16.3 Å². The van der Waals surface area contributed by atoms with Gasteiger partial charge in [-0.05, 0) is 26.7 Å². The number of nitrogens with zero attached hydrogens (tertiary/aromatic N) is 1. The minimum Gasteiger partial charge on any atom is -0.446 e. The molecule has 8 heteroatoms. The predicted octanol–water partition coefficient (Wildman–Crippen LogP) is 1.46. The number of carbonyl (C=O) groups excluding carboxylic acids is 1. The second-order valence-electron chi connectivity index (χ2n) is 4.48. The lowest BCUT2D eigenvalue weighted by molar-refractivity contribution is 0.120. The van der Waals surface area contributed by atoms with Gasteiger partial charge in [-0.3, -0.25) is 0 Å². The summed E-state index contributed by atoms with van der Waals surface area (Å²) < 4.78 is 31.9. The van der Waals surface area contributed by atoms with Crippen LogP contribution >= 0.6 is 11.6 Å². The van der Waals surface area contributed by atoms with Crippen LogP contribution in [0.5, 0.6) is 0 Å². The quantitative estimate of drug-likeness (QED) is 0.797. The second kappa shape index (κ2) is 6.58. The van der Waals surface area contributed by atoms with Crippen LogP contribution in [0.3, 0.4) is 0 Å². The van der Waals surface area contributed by atoms with E-state index in [9.17, 15) is 13.2 Å². The minimum atomic E-state index is -3.87. The molecule has 1 aliphatic heterocycles. The summed E-state index contributed by atoms with van der Waals surface area (Å²) in [6.07, 6.45) is 1.10. The second-order valence-corrected chi connectivity index (χ2v) is 6.41. The molecule has 0 radical (unpaired) electrons. The molecular weight excluding hydrogens is 280 g/mol. The summed E-state index contributed by atoms with van der Waals surface area (Å²) in [5, 5.41) is 0. The molecule has 1 fully saturated rings. The Balaban J connectivity index is 2.69. The van der Waals surface area contributed by atoms with Gasteiger partial charge in [0.05, 0.1) is 6.10 Å². The van der Waals surface area contributed by atoms with Crippen molar-refractivity contribution < 1.29 is 17.9 Å². The van der Waals surface area contributed by atoms with E-state index in [1.54, 1.807) is 13.8 Å². The lowest BCUT2D eigenvalue weighted by Gasteiger charge is -2.33. The third kappa shape index (κ3) is 4.29. The van der Waals surface area contributed by atoms with Gasteiger partial charge in [0.1, 0.15) is 0 Å². The molecule has 0 aromatic rings. The zero-order chi connectivity index (χ0) is 13.8. The van der Waals surface area contributed by atoms with Crippen molar-refractivity contribution in [2.45, 2.75) is 45.3 Å². The first kappa shape index (κ1) is 15.5. The number of hydrogen-bond acceptors (Lipinski definition) is 4. The molecule has 0 aromatic heterocycles. The molecule has 1 aliphatic rings. The molecule has 0 saturated carbocycles. The van der Waals surface area contributed by atoms with Crippen molar-refractivity contribution in [2.75, 3.05) is 12.4 Å². The van der Waals surface area contributed by atoms with Crippen molar-refractivity contribution in [1.82, 2.24) is 9.03 Å². The summed E-state index contributed by atoms with van der Waals surface area (Å²) in [6, 6.07) is -0.259. The predicted molar refractivity (Wildman–Crippen MR) is 68.7 cm³/mol. The van der Waals surface area contributed by atoms with Crippen LogP contribution in [0.4, 0.5) is 4.79 Å². The summed E-state index contributed by atoms with van der Waals surface area (Å²) in [5.41, 5.74) is 0. The molecule has 1 atom stereocenters. The van der Waals surface area contributed by atoms with Gasteiger partial charge in [-0.1, -0.05) is 6.42 Å². The third-order valence-corrected chi connectivity index (χ3v) is 4.49. The van der Waals surface area contributed by atoms with Gasteiger partial charge in [-0.15, -0.1) is 11.6 Å². The number of alkyl halides is 1. The van der Waals surface area contributed by atoms with E-state index >= 15 is 0 Å². The van der Waals surface area contributed by atoms with Crippen molar-refractivity contribution >= 4 is 27.9 Å². The molecule has 0 spiro atoms. The maximum absolute atomic E-state index is 12.0. The molecule has 0 aromatic carbocycles. The first-order chi connectivity index (χ1) is 8.36. The van der Waals surface area contributed by atoms with E-state index in [0.717, 1.165) is 12.8 Å². The monoisotopic (exact) mass is 298 g/mol. The van der Waals surface area contributed by atoms with E-state index in [2.05, 4.69) is 0 Å². The fourth-order valence-corrected chi connectivity index (χ4v) is 3.57.